The second-order valence-corrected chi connectivity index (χ2v) is 14.2. The number of rotatable bonds is 16. The predicted octanol–water partition coefficient (Wildman–Crippen LogP) is 4.33. The van der Waals surface area contributed by atoms with Crippen LogP contribution in [0, 0.1) is 10.8 Å². The van der Waals surface area contributed by atoms with E-state index in [0.29, 0.717) is 16.3 Å². The molecule has 4 amide bonds. The minimum atomic E-state index is -5.92. The number of aromatic nitrogens is 1. The van der Waals surface area contributed by atoms with E-state index in [2.05, 4.69) is 30.5 Å². The Morgan fingerprint density at radius 2 is 1.42 bits per heavy atom. The molecule has 3 rings (SSSR count). The minimum absolute atomic E-state index is 0.135. The molecule has 0 unspecified atom stereocenters. The van der Waals surface area contributed by atoms with Crippen molar-refractivity contribution in [3.05, 3.63) is 90.1 Å². The molecule has 0 fully saturated rings. The lowest BCUT2D eigenvalue weighted by Crippen LogP contribution is -2.61. The molecule has 0 bridgehead atoms. The number of carbonyl (C=O) groups excluding carboxylic acids is 4. The monoisotopic (exact) mass is 801 g/mol. The van der Waals surface area contributed by atoms with Gasteiger partial charge in [0.2, 0.25) is 5.91 Å². The number of carbonyl (C=O) groups is 4. The molecule has 16 nitrogen and oxygen atoms in total. The van der Waals surface area contributed by atoms with Crippen molar-refractivity contribution in [3.63, 3.8) is 0 Å². The zero-order valence-electron chi connectivity index (χ0n) is 46.7. The van der Waals surface area contributed by atoms with Crippen molar-refractivity contribution in [2.45, 2.75) is 78.5 Å². The fraction of sp³-hybridized carbons (Fsp3) is 0.447. The number of hydrogen-bond acceptors (Lipinski definition) is 10. The van der Waals surface area contributed by atoms with E-state index in [9.17, 15) is 36.3 Å². The Hall–Kier alpha value is -4.86. The fourth-order valence-corrected chi connectivity index (χ4v) is 5.63. The number of methoxy groups -OCH3 is 2. The number of pyridine rings is 1. The third kappa shape index (κ3) is 14.7. The summed E-state index contributed by atoms with van der Waals surface area (Å²) in [5.74, 6) is -3.39. The standard InChI is InChI=1S/C38H53N6O10P/c1-37(2,3)31(41-35(47)52-7)33(45)40-29(22-25-14-10-9-11-15-25)30(54-55(49,50)51)24-44(43-34(46)32(38(4,5)6)42-36(48)53-8)23-26-17-19-27(20-18-26)28-16-12-13-21-39-28/h9-21,29-32H,22-24H2,1-8H3,(H,40,45)(H,41,47)(H,42,48)(H,43,46)(H2,49,50,51)/t29-,30-,31+,32+/m0/s1/i1D3,2D3,3D3,7D3,8D3,23D2. The van der Waals surface area contributed by atoms with E-state index in [1.54, 1.807) is 18.2 Å². The molecule has 55 heavy (non-hydrogen) atoms. The zero-order valence-corrected chi connectivity index (χ0v) is 30.6. The zero-order chi connectivity index (χ0) is 55.3. The highest BCUT2D eigenvalue weighted by Gasteiger charge is 2.39. The molecule has 6 N–H and O–H groups in total. The Bertz CT molecular complexity index is 2340. The molecule has 3 aromatic rings. The minimum Gasteiger partial charge on any atom is -0.453 e. The summed E-state index contributed by atoms with van der Waals surface area (Å²) in [5, 5.41) is 6.02. The van der Waals surface area contributed by atoms with E-state index in [0.717, 1.165) is 0 Å². The molecule has 4 atom stereocenters. The van der Waals surface area contributed by atoms with E-state index in [-0.39, 0.29) is 11.1 Å². The van der Waals surface area contributed by atoms with E-state index in [1.807, 2.05) is 0 Å². The summed E-state index contributed by atoms with van der Waals surface area (Å²) >= 11 is 0. The van der Waals surface area contributed by atoms with Crippen LogP contribution < -0.4 is 21.4 Å². The van der Waals surface area contributed by atoms with Crippen LogP contribution in [0.2, 0.25) is 0 Å². The van der Waals surface area contributed by atoms with Gasteiger partial charge >= 0.3 is 20.0 Å². The van der Waals surface area contributed by atoms with Crippen molar-refractivity contribution in [1.29, 1.82) is 0 Å². The molecule has 1 heterocycles. The van der Waals surface area contributed by atoms with Gasteiger partial charge in [0.15, 0.2) is 0 Å². The number of ether oxygens (including phenoxy) is 2. The smallest absolute Gasteiger partial charge is 0.453 e. The summed E-state index contributed by atoms with van der Waals surface area (Å²) in [6.45, 7) is -13.1. The number of nitrogens with one attached hydrogen (secondary N) is 4. The van der Waals surface area contributed by atoms with Crippen LogP contribution in [0.1, 0.15) is 75.8 Å². The molecule has 2 aromatic carbocycles. The summed E-state index contributed by atoms with van der Waals surface area (Å²) in [4.78, 5) is 79.9. The van der Waals surface area contributed by atoms with E-state index >= 15 is 0 Å². The van der Waals surface area contributed by atoms with Gasteiger partial charge in [-0.3, -0.25) is 24.5 Å². The van der Waals surface area contributed by atoms with Crippen LogP contribution in [0.5, 0.6) is 0 Å². The number of hydrazine groups is 1. The first-order chi connectivity index (χ1) is 32.5. The first-order valence-corrected chi connectivity index (χ1v) is 17.7. The summed E-state index contributed by atoms with van der Waals surface area (Å²) in [7, 11) is -12.9. The van der Waals surface area contributed by atoms with Gasteiger partial charge in [0, 0.05) is 37.1 Å². The Morgan fingerprint density at radius 3 is 1.95 bits per heavy atom. The first-order valence-electron chi connectivity index (χ1n) is 24.7. The van der Waals surface area contributed by atoms with Crippen molar-refractivity contribution in [3.8, 4) is 11.3 Å². The average Bonchev–Trinajstić information content (AvgIpc) is 3.18. The van der Waals surface area contributed by atoms with Crippen molar-refractivity contribution < 1.29 is 70.8 Å². The molecule has 0 aliphatic rings. The maximum atomic E-state index is 14.8. The molecule has 0 radical (unpaired) electrons. The number of phosphoric ester groups is 1. The van der Waals surface area contributed by atoms with E-state index in [1.165, 1.54) is 86.9 Å². The van der Waals surface area contributed by atoms with Crippen LogP contribution in [0.3, 0.4) is 0 Å². The molecule has 0 spiro atoms. The van der Waals surface area contributed by atoms with Gasteiger partial charge in [-0.15, -0.1) is 0 Å². The Labute approximate surface area is 345 Å². The number of phosphoric acid groups is 1. The Balaban J connectivity index is 2.40. The molecule has 1 aromatic heterocycles. The quantitative estimate of drug-likeness (QED) is 0.0882. The van der Waals surface area contributed by atoms with Crippen molar-refractivity contribution in [1.82, 2.24) is 31.4 Å². The largest absolute Gasteiger partial charge is 0.469 e. The maximum Gasteiger partial charge on any atom is 0.469 e. The summed E-state index contributed by atoms with van der Waals surface area (Å²) < 4.78 is 164. The summed E-state index contributed by atoms with van der Waals surface area (Å²) in [6.07, 6.45) is -5.48. The fourth-order valence-electron chi connectivity index (χ4n) is 5.06. The van der Waals surface area contributed by atoms with Gasteiger partial charge in [0.25, 0.3) is 5.91 Å². The average molecular weight is 802 g/mol. The predicted molar refractivity (Wildman–Crippen MR) is 205 cm³/mol. The van der Waals surface area contributed by atoms with Crippen molar-refractivity contribution in [2.75, 3.05) is 20.6 Å². The Morgan fingerprint density at radius 1 is 0.818 bits per heavy atom. The van der Waals surface area contributed by atoms with Crippen LogP contribution in [0.4, 0.5) is 9.59 Å². The van der Waals surface area contributed by atoms with Crippen LogP contribution in [0.25, 0.3) is 11.3 Å². The van der Waals surface area contributed by atoms with Crippen molar-refractivity contribution in [2.24, 2.45) is 10.8 Å². The lowest BCUT2D eigenvalue weighted by Gasteiger charge is -2.37. The summed E-state index contributed by atoms with van der Waals surface area (Å²) in [6, 6.07) is 10.0. The van der Waals surface area contributed by atoms with Crippen LogP contribution in [0.15, 0.2) is 79.0 Å². The first kappa shape index (κ1) is 25.3. The van der Waals surface area contributed by atoms with Gasteiger partial charge in [0.05, 0.1) is 36.8 Å². The van der Waals surface area contributed by atoms with Crippen LogP contribution in [-0.2, 0) is 41.1 Å². The SMILES string of the molecule is [2H]C([2H])([2H])OC(=O)N[C@H](C(=O)NN(C[C@H](OP(=O)(O)O)[C@H](Cc1ccccc1)NC(=O)[C@@H](NC(=O)OC([2H])([2H])[2H])C(C([2H])([2H])[2H])(C([2H])([2H])[2H])C([2H])([2H])[2H])C([2H])([2H])c1ccc(-c2ccccn2)cc1)C(C)(C)C. The topological polar surface area (TPSA) is 218 Å². The molecule has 0 aliphatic heterocycles. The highest BCUT2D eigenvalue weighted by Crippen LogP contribution is 2.39. The highest BCUT2D eigenvalue weighted by molar-refractivity contribution is 7.46. The van der Waals surface area contributed by atoms with Gasteiger partial charge in [-0.25, -0.2) is 19.2 Å². The number of alkyl carbamates (subject to hydrolysis) is 2. The molecule has 0 saturated heterocycles. The molecule has 300 valence electrons. The summed E-state index contributed by atoms with van der Waals surface area (Å²) in [5.41, 5.74) is -2.76. The molecule has 0 saturated carbocycles. The van der Waals surface area contributed by atoms with Crippen LogP contribution in [-0.4, -0.2) is 88.6 Å². The van der Waals surface area contributed by atoms with Gasteiger partial charge in [-0.2, -0.15) is 0 Å². The van der Waals surface area contributed by atoms with E-state index < -0.39 is 121 Å². The number of hydrogen-bond donors (Lipinski definition) is 6. The second kappa shape index (κ2) is 19.6. The molecule has 0 aliphatic carbocycles. The van der Waals surface area contributed by atoms with Crippen molar-refractivity contribution >= 4 is 31.8 Å². The number of nitrogens with zero attached hydrogens (tertiary/aromatic N) is 2. The van der Waals surface area contributed by atoms with Gasteiger partial charge in [0.1, 0.15) is 18.2 Å². The lowest BCUT2D eigenvalue weighted by molar-refractivity contribution is -0.132. The maximum absolute atomic E-state index is 14.8. The third-order valence-electron chi connectivity index (χ3n) is 7.60. The lowest BCUT2D eigenvalue weighted by atomic mass is 9.85. The van der Waals surface area contributed by atoms with Gasteiger partial charge in [-0.05, 0) is 40.5 Å². The normalized spacial score (nSPS) is 20.1. The van der Waals surface area contributed by atoms with Gasteiger partial charge in [-0.1, -0.05) is 102 Å². The third-order valence-corrected chi connectivity index (χ3v) is 8.14. The highest BCUT2D eigenvalue weighted by atomic mass is 31.2. The molecule has 17 heteroatoms. The number of amides is 4. The molecular formula is C38H53N6O10P. The molecular weight excluding hydrogens is 731 g/mol. The van der Waals surface area contributed by atoms with Gasteiger partial charge < -0.3 is 35.2 Å². The Kier molecular flexibility index (Phi) is 9.05. The van der Waals surface area contributed by atoms with E-state index in [4.69, 9.17) is 25.1 Å². The second-order valence-electron chi connectivity index (χ2n) is 13.0. The number of benzene rings is 2. The van der Waals surface area contributed by atoms with Crippen LogP contribution >= 0.6 is 7.82 Å².